The second-order valence-corrected chi connectivity index (χ2v) is 5.82. The van der Waals surface area contributed by atoms with Gasteiger partial charge in [-0.15, -0.1) is 0 Å². The van der Waals surface area contributed by atoms with E-state index >= 15 is 0 Å². The predicted molar refractivity (Wildman–Crippen MR) is 67.7 cm³/mol. The van der Waals surface area contributed by atoms with E-state index in [1.54, 1.807) is 31.4 Å². The highest BCUT2D eigenvalue weighted by atomic mass is 32.2. The second-order valence-electron chi connectivity index (χ2n) is 3.70. The van der Waals surface area contributed by atoms with Gasteiger partial charge in [-0.05, 0) is 12.1 Å². The molecule has 0 aromatic heterocycles. The van der Waals surface area contributed by atoms with E-state index in [4.69, 9.17) is 4.74 Å². The summed E-state index contributed by atoms with van der Waals surface area (Å²) in [4.78, 5) is 0.279. The van der Waals surface area contributed by atoms with E-state index < -0.39 is 10.0 Å². The van der Waals surface area contributed by atoms with Crippen LogP contribution >= 0.6 is 0 Å². The summed E-state index contributed by atoms with van der Waals surface area (Å²) in [5.41, 5.74) is 0.596. The molecular weight excluding hydrogens is 240 g/mol. The van der Waals surface area contributed by atoms with E-state index in [1.807, 2.05) is 0 Å². The molecule has 0 atom stereocenters. The highest BCUT2D eigenvalue weighted by Gasteiger charge is 2.20. The van der Waals surface area contributed by atoms with Crippen LogP contribution in [0.1, 0.15) is 0 Å². The Bertz CT molecular complexity index is 458. The maximum absolute atomic E-state index is 12.0. The normalized spacial score (nSPS) is 11.8. The summed E-state index contributed by atoms with van der Waals surface area (Å²) in [6.45, 7) is 1.09. The Balaban J connectivity index is 3.00. The molecule has 0 aliphatic rings. The summed E-state index contributed by atoms with van der Waals surface area (Å²) >= 11 is 0. The van der Waals surface area contributed by atoms with Gasteiger partial charge in [0.2, 0.25) is 10.0 Å². The fourth-order valence-corrected chi connectivity index (χ4v) is 2.38. The summed E-state index contributed by atoms with van der Waals surface area (Å²) in [5.74, 6) is 0. The van der Waals surface area contributed by atoms with Crippen molar-refractivity contribution in [2.45, 2.75) is 4.90 Å². The predicted octanol–water partition coefficient (Wildman–Crippen LogP) is 0.995. The molecule has 0 aliphatic heterocycles. The molecule has 1 N–H and O–H groups in total. The molecule has 0 saturated heterocycles. The first-order valence-electron chi connectivity index (χ1n) is 5.24. The average Bonchev–Trinajstić information content (AvgIpc) is 2.29. The summed E-state index contributed by atoms with van der Waals surface area (Å²) in [6.07, 6.45) is 0. The molecule has 17 heavy (non-hydrogen) atoms. The molecule has 0 spiro atoms. The lowest BCUT2D eigenvalue weighted by atomic mass is 10.3. The summed E-state index contributed by atoms with van der Waals surface area (Å²) in [6, 6.07) is 6.83. The largest absolute Gasteiger partial charge is 0.383 e. The number of sulfonamides is 1. The van der Waals surface area contributed by atoms with Crippen molar-refractivity contribution < 1.29 is 13.2 Å². The summed E-state index contributed by atoms with van der Waals surface area (Å²) in [5, 5.41) is 3.04. The van der Waals surface area contributed by atoms with Gasteiger partial charge in [0.1, 0.15) is 4.90 Å². The Morgan fingerprint density at radius 2 is 1.94 bits per heavy atom. The van der Waals surface area contributed by atoms with Gasteiger partial charge in [-0.1, -0.05) is 12.1 Å². The molecule has 0 amide bonds. The molecular formula is C11H18N2O3S. The lowest BCUT2D eigenvalue weighted by Gasteiger charge is -2.15. The number of benzene rings is 1. The van der Waals surface area contributed by atoms with Crippen LogP contribution in [0, 0.1) is 0 Å². The number of nitrogens with zero attached hydrogens (tertiary/aromatic N) is 1. The van der Waals surface area contributed by atoms with Gasteiger partial charge in [-0.2, -0.15) is 0 Å². The quantitative estimate of drug-likeness (QED) is 0.773. The lowest BCUT2D eigenvalue weighted by molar-refractivity contribution is 0.210. The number of nitrogens with one attached hydrogen (secondary N) is 1. The Morgan fingerprint density at radius 3 is 2.53 bits per heavy atom. The maximum atomic E-state index is 12.0. The zero-order valence-electron chi connectivity index (χ0n) is 10.3. The molecule has 96 valence electrons. The number of methoxy groups -OCH3 is 1. The minimum Gasteiger partial charge on any atom is -0.383 e. The number of anilines is 1. The first-order valence-corrected chi connectivity index (χ1v) is 6.68. The number of rotatable bonds is 6. The molecule has 0 fully saturated rings. The van der Waals surface area contributed by atoms with Crippen LogP contribution in [0.4, 0.5) is 5.69 Å². The average molecular weight is 258 g/mol. The van der Waals surface area contributed by atoms with Crippen molar-refractivity contribution in [3.8, 4) is 0 Å². The third-order valence-corrected chi connectivity index (χ3v) is 4.14. The van der Waals surface area contributed by atoms with Gasteiger partial charge < -0.3 is 10.1 Å². The van der Waals surface area contributed by atoms with Crippen LogP contribution in [0.15, 0.2) is 29.2 Å². The van der Waals surface area contributed by atoms with Gasteiger partial charge in [-0.3, -0.25) is 0 Å². The minimum absolute atomic E-state index is 0.279. The SMILES string of the molecule is COCCNc1ccccc1S(=O)(=O)N(C)C. The van der Waals surface area contributed by atoms with E-state index in [-0.39, 0.29) is 4.90 Å². The Morgan fingerprint density at radius 1 is 1.29 bits per heavy atom. The first kappa shape index (κ1) is 14.0. The van der Waals surface area contributed by atoms with Crippen LogP contribution in [0.2, 0.25) is 0 Å². The van der Waals surface area contributed by atoms with E-state index in [0.717, 1.165) is 0 Å². The molecule has 0 heterocycles. The van der Waals surface area contributed by atoms with Crippen molar-refractivity contribution in [3.63, 3.8) is 0 Å². The van der Waals surface area contributed by atoms with Gasteiger partial charge in [-0.25, -0.2) is 12.7 Å². The molecule has 1 rings (SSSR count). The van der Waals surface area contributed by atoms with Crippen molar-refractivity contribution in [1.29, 1.82) is 0 Å². The van der Waals surface area contributed by atoms with Crippen molar-refractivity contribution in [3.05, 3.63) is 24.3 Å². The smallest absolute Gasteiger partial charge is 0.244 e. The minimum atomic E-state index is -3.41. The molecule has 0 unspecified atom stereocenters. The van der Waals surface area contributed by atoms with Gasteiger partial charge in [0, 0.05) is 27.7 Å². The van der Waals surface area contributed by atoms with Crippen molar-refractivity contribution in [2.75, 3.05) is 39.7 Å². The molecule has 1 aromatic rings. The molecule has 0 bridgehead atoms. The zero-order chi connectivity index (χ0) is 12.9. The van der Waals surface area contributed by atoms with Crippen LogP contribution in [0.25, 0.3) is 0 Å². The molecule has 1 aromatic carbocycles. The Labute approximate surface area is 102 Å². The van der Waals surface area contributed by atoms with Gasteiger partial charge in [0.15, 0.2) is 0 Å². The molecule has 0 aliphatic carbocycles. The number of ether oxygens (including phenoxy) is 1. The Kier molecular flexibility index (Phi) is 4.92. The monoisotopic (exact) mass is 258 g/mol. The van der Waals surface area contributed by atoms with E-state index in [9.17, 15) is 8.42 Å². The molecule has 0 radical (unpaired) electrons. The molecule has 5 nitrogen and oxygen atoms in total. The van der Waals surface area contributed by atoms with Crippen LogP contribution in [-0.2, 0) is 14.8 Å². The van der Waals surface area contributed by atoms with Gasteiger partial charge in [0.05, 0.1) is 12.3 Å². The number of hydrogen-bond acceptors (Lipinski definition) is 4. The van der Waals surface area contributed by atoms with E-state index in [2.05, 4.69) is 5.32 Å². The van der Waals surface area contributed by atoms with Gasteiger partial charge >= 0.3 is 0 Å². The number of hydrogen-bond donors (Lipinski definition) is 1. The summed E-state index contributed by atoms with van der Waals surface area (Å²) < 4.78 is 30.2. The van der Waals surface area contributed by atoms with Crippen LogP contribution in [0.3, 0.4) is 0 Å². The zero-order valence-corrected chi connectivity index (χ0v) is 11.1. The Hall–Kier alpha value is -1.11. The standard InChI is InChI=1S/C11H18N2O3S/c1-13(2)17(14,15)11-7-5-4-6-10(11)12-8-9-16-3/h4-7,12H,8-9H2,1-3H3. The lowest BCUT2D eigenvalue weighted by Crippen LogP contribution is -2.23. The fourth-order valence-electron chi connectivity index (χ4n) is 1.32. The van der Waals surface area contributed by atoms with Crippen LogP contribution < -0.4 is 5.32 Å². The second kappa shape index (κ2) is 6.00. The van der Waals surface area contributed by atoms with Gasteiger partial charge in [0.25, 0.3) is 0 Å². The highest BCUT2D eigenvalue weighted by Crippen LogP contribution is 2.22. The van der Waals surface area contributed by atoms with Crippen LogP contribution in [-0.4, -0.2) is 47.1 Å². The van der Waals surface area contributed by atoms with Crippen LogP contribution in [0.5, 0.6) is 0 Å². The highest BCUT2D eigenvalue weighted by molar-refractivity contribution is 7.89. The van der Waals surface area contributed by atoms with E-state index in [0.29, 0.717) is 18.8 Å². The van der Waals surface area contributed by atoms with Crippen molar-refractivity contribution in [1.82, 2.24) is 4.31 Å². The fraction of sp³-hybridized carbons (Fsp3) is 0.455. The molecule has 0 saturated carbocycles. The first-order chi connectivity index (χ1) is 8.00. The summed E-state index contributed by atoms with van der Waals surface area (Å²) in [7, 11) is 1.22. The van der Waals surface area contributed by atoms with Crippen molar-refractivity contribution in [2.24, 2.45) is 0 Å². The van der Waals surface area contributed by atoms with E-state index in [1.165, 1.54) is 18.4 Å². The third kappa shape index (κ3) is 3.42. The number of para-hydroxylation sites is 1. The topological polar surface area (TPSA) is 58.6 Å². The molecule has 6 heteroatoms. The maximum Gasteiger partial charge on any atom is 0.244 e. The third-order valence-electron chi connectivity index (χ3n) is 2.27. The van der Waals surface area contributed by atoms with Crippen molar-refractivity contribution >= 4 is 15.7 Å².